The molecule has 2 amide bonds. The molecule has 0 unspecified atom stereocenters. The monoisotopic (exact) mass is 539 g/mol. The van der Waals surface area contributed by atoms with Gasteiger partial charge in [0.2, 0.25) is 0 Å². The van der Waals surface area contributed by atoms with Gasteiger partial charge in [0, 0.05) is 36.7 Å². The van der Waals surface area contributed by atoms with Crippen LogP contribution in [0.3, 0.4) is 0 Å². The van der Waals surface area contributed by atoms with Gasteiger partial charge in [-0.1, -0.05) is 29.8 Å². The van der Waals surface area contributed by atoms with Crippen molar-refractivity contribution in [2.75, 3.05) is 24.6 Å². The maximum atomic E-state index is 12.6. The summed E-state index contributed by atoms with van der Waals surface area (Å²) in [6.45, 7) is 7.45. The normalized spacial score (nSPS) is 13.4. The zero-order valence-corrected chi connectivity index (χ0v) is 23.2. The third kappa shape index (κ3) is 4.42. The number of rotatable bonds is 6. The molecule has 0 bridgehead atoms. The highest BCUT2D eigenvalue weighted by atomic mass is 32.1. The molecule has 1 fully saturated rings. The molecular formula is C30H29N5O3S. The largest absolute Gasteiger partial charge is 0.466 e. The summed E-state index contributed by atoms with van der Waals surface area (Å²) in [5.74, 6) is 0.414. The van der Waals surface area contributed by atoms with Gasteiger partial charge < -0.3 is 10.1 Å². The van der Waals surface area contributed by atoms with Crippen LogP contribution in [0, 0.1) is 13.8 Å². The van der Waals surface area contributed by atoms with Crippen molar-refractivity contribution in [1.82, 2.24) is 20.1 Å². The number of carbonyl (C=O) groups is 2. The van der Waals surface area contributed by atoms with Crippen LogP contribution in [0.15, 0.2) is 48.5 Å². The van der Waals surface area contributed by atoms with E-state index in [2.05, 4.69) is 53.7 Å². The number of hydrogen-bond donors (Lipinski definition) is 1. The molecule has 0 atom stereocenters. The number of urea groups is 1. The van der Waals surface area contributed by atoms with Crippen LogP contribution >= 0.6 is 11.3 Å². The van der Waals surface area contributed by atoms with E-state index in [4.69, 9.17) is 9.72 Å². The number of ether oxygens (including phenoxy) is 1. The molecule has 5 aromatic rings. The summed E-state index contributed by atoms with van der Waals surface area (Å²) in [4.78, 5) is 31.7. The Bertz CT molecular complexity index is 1750. The van der Waals surface area contributed by atoms with Crippen LogP contribution in [0.25, 0.3) is 42.8 Å². The van der Waals surface area contributed by atoms with Gasteiger partial charge >= 0.3 is 12.0 Å². The lowest BCUT2D eigenvalue weighted by molar-refractivity contribution is -0.142. The number of esters is 1. The van der Waals surface area contributed by atoms with E-state index in [9.17, 15) is 9.59 Å². The third-order valence-corrected chi connectivity index (χ3v) is 8.31. The smallest absolute Gasteiger partial charge is 0.323 e. The van der Waals surface area contributed by atoms with Crippen LogP contribution in [0.1, 0.15) is 23.6 Å². The van der Waals surface area contributed by atoms with Crippen LogP contribution < -0.4 is 10.2 Å². The molecule has 1 aliphatic heterocycles. The number of thiazole rings is 1. The van der Waals surface area contributed by atoms with Gasteiger partial charge in [-0.25, -0.2) is 9.78 Å². The number of amides is 2. The second-order valence-corrected chi connectivity index (χ2v) is 10.8. The molecule has 2 aromatic heterocycles. The van der Waals surface area contributed by atoms with Gasteiger partial charge in [0.1, 0.15) is 5.01 Å². The lowest BCUT2D eigenvalue weighted by Crippen LogP contribution is -2.28. The van der Waals surface area contributed by atoms with Crippen molar-refractivity contribution >= 4 is 50.3 Å². The van der Waals surface area contributed by atoms with Crippen molar-refractivity contribution < 1.29 is 14.3 Å². The SMILES string of the molecule is CCOC(=O)Cc1c(C)cc2nc(-c3ccc4c(c3)c(N3CCNC3=O)nn4C)sc2c1-c1ccc(C)cc1. The Morgan fingerprint density at radius 3 is 2.59 bits per heavy atom. The molecule has 1 aliphatic rings. The van der Waals surface area contributed by atoms with Gasteiger partial charge in [-0.3, -0.25) is 14.4 Å². The van der Waals surface area contributed by atoms with Crippen LogP contribution in [-0.4, -0.2) is 46.5 Å². The van der Waals surface area contributed by atoms with Crippen molar-refractivity contribution in [3.63, 3.8) is 0 Å². The lowest BCUT2D eigenvalue weighted by Gasteiger charge is -2.14. The average Bonchev–Trinajstić information content (AvgIpc) is 3.62. The van der Waals surface area contributed by atoms with Crippen molar-refractivity contribution in [1.29, 1.82) is 0 Å². The summed E-state index contributed by atoms with van der Waals surface area (Å²) >= 11 is 1.61. The number of nitrogens with zero attached hydrogens (tertiary/aromatic N) is 4. The summed E-state index contributed by atoms with van der Waals surface area (Å²) in [7, 11) is 1.89. The molecule has 0 spiro atoms. The molecule has 0 aliphatic carbocycles. The number of benzene rings is 3. The number of anilines is 1. The quantitative estimate of drug-likeness (QED) is 0.277. The fourth-order valence-electron chi connectivity index (χ4n) is 5.22. The minimum absolute atomic E-state index is 0.132. The van der Waals surface area contributed by atoms with Gasteiger partial charge in [-0.15, -0.1) is 11.3 Å². The Labute approximate surface area is 230 Å². The zero-order valence-electron chi connectivity index (χ0n) is 22.4. The van der Waals surface area contributed by atoms with Crippen molar-refractivity contribution in [2.45, 2.75) is 27.2 Å². The molecule has 3 heterocycles. The minimum atomic E-state index is -0.237. The Balaban J connectivity index is 1.52. The Hall–Kier alpha value is -4.24. The second-order valence-electron chi connectivity index (χ2n) is 9.82. The molecular weight excluding hydrogens is 510 g/mol. The molecule has 9 heteroatoms. The van der Waals surface area contributed by atoms with Gasteiger partial charge in [0.05, 0.1) is 28.8 Å². The van der Waals surface area contributed by atoms with Gasteiger partial charge in [-0.05, 0) is 61.7 Å². The summed E-state index contributed by atoms with van der Waals surface area (Å²) < 4.78 is 8.15. The first-order valence-electron chi connectivity index (χ1n) is 13.0. The standard InChI is InChI=1S/C30H29N5O3S/c1-5-38-25(36)16-21-18(3)14-23-27(26(21)19-8-6-17(2)7-9-19)39-29(32-23)20-10-11-24-22(15-20)28(33-34(24)4)35-13-12-31-30(35)37/h6-11,14-15H,5,12-13,16H2,1-4H3,(H,31,37). The van der Waals surface area contributed by atoms with E-state index in [1.807, 2.05) is 33.0 Å². The van der Waals surface area contributed by atoms with Gasteiger partial charge in [0.15, 0.2) is 5.82 Å². The molecule has 3 aromatic carbocycles. The zero-order chi connectivity index (χ0) is 27.3. The Morgan fingerprint density at radius 1 is 1.10 bits per heavy atom. The van der Waals surface area contributed by atoms with E-state index in [1.54, 1.807) is 20.9 Å². The Kier molecular flexibility index (Phi) is 6.31. The average molecular weight is 540 g/mol. The van der Waals surface area contributed by atoms with E-state index in [1.165, 1.54) is 5.56 Å². The van der Waals surface area contributed by atoms with Gasteiger partial charge in [0.25, 0.3) is 0 Å². The van der Waals surface area contributed by atoms with E-state index >= 15 is 0 Å². The summed E-state index contributed by atoms with van der Waals surface area (Å²) in [6, 6.07) is 16.5. The van der Waals surface area contributed by atoms with Crippen LogP contribution in [0.4, 0.5) is 10.6 Å². The number of aryl methyl sites for hydroxylation is 3. The van der Waals surface area contributed by atoms with Crippen molar-refractivity contribution in [3.8, 4) is 21.7 Å². The lowest BCUT2D eigenvalue weighted by atomic mass is 9.93. The number of carbonyl (C=O) groups excluding carboxylic acids is 2. The first kappa shape index (κ1) is 25.1. The van der Waals surface area contributed by atoms with E-state index in [0.717, 1.165) is 53.9 Å². The van der Waals surface area contributed by atoms with Crippen LogP contribution in [0.5, 0.6) is 0 Å². The van der Waals surface area contributed by atoms with E-state index in [-0.39, 0.29) is 18.4 Å². The predicted molar refractivity (Wildman–Crippen MR) is 155 cm³/mol. The molecule has 1 N–H and O–H groups in total. The molecule has 6 rings (SSSR count). The molecule has 39 heavy (non-hydrogen) atoms. The highest BCUT2D eigenvalue weighted by Gasteiger charge is 2.26. The van der Waals surface area contributed by atoms with Crippen LogP contribution in [0.2, 0.25) is 0 Å². The number of hydrogen-bond acceptors (Lipinski definition) is 6. The highest BCUT2D eigenvalue weighted by molar-refractivity contribution is 7.22. The number of fused-ring (bicyclic) bond motifs is 2. The molecule has 0 saturated carbocycles. The maximum absolute atomic E-state index is 12.6. The number of nitrogens with one attached hydrogen (secondary N) is 1. The fraction of sp³-hybridized carbons (Fsp3) is 0.267. The maximum Gasteiger partial charge on any atom is 0.323 e. The Morgan fingerprint density at radius 2 is 1.87 bits per heavy atom. The molecule has 198 valence electrons. The molecule has 1 saturated heterocycles. The molecule has 8 nitrogen and oxygen atoms in total. The first-order chi connectivity index (χ1) is 18.8. The predicted octanol–water partition coefficient (Wildman–Crippen LogP) is 5.77. The molecule has 0 radical (unpaired) electrons. The second kappa shape index (κ2) is 9.81. The van der Waals surface area contributed by atoms with Gasteiger partial charge in [-0.2, -0.15) is 5.10 Å². The van der Waals surface area contributed by atoms with Crippen LogP contribution in [-0.2, 0) is 23.0 Å². The summed E-state index contributed by atoms with van der Waals surface area (Å²) in [5.41, 5.74) is 8.01. The van der Waals surface area contributed by atoms with E-state index < -0.39 is 0 Å². The van der Waals surface area contributed by atoms with Crippen molar-refractivity contribution in [3.05, 3.63) is 65.2 Å². The third-order valence-electron chi connectivity index (χ3n) is 7.17. The minimum Gasteiger partial charge on any atom is -0.466 e. The topological polar surface area (TPSA) is 89.3 Å². The number of aromatic nitrogens is 3. The van der Waals surface area contributed by atoms with E-state index in [0.29, 0.717) is 25.5 Å². The first-order valence-corrected chi connectivity index (χ1v) is 13.8. The van der Waals surface area contributed by atoms with Crippen molar-refractivity contribution in [2.24, 2.45) is 7.05 Å². The highest BCUT2D eigenvalue weighted by Crippen LogP contribution is 2.42. The fourth-order valence-corrected chi connectivity index (χ4v) is 6.36. The summed E-state index contributed by atoms with van der Waals surface area (Å²) in [6.07, 6.45) is 0.203. The summed E-state index contributed by atoms with van der Waals surface area (Å²) in [5, 5.41) is 9.28.